The standard InChI is InChI=1S/C22H31N5O3/c1-22(2,3)8-9-25-21(30)17-11-13-10-16(13)27(17)18(28)12-26-15-7-5-4-6-14(15)19(23)20(24)29/h4-7,13,16-17,23,26H,8-12H2,1-3H3,(H2,24,29)(H,25,30). The number of nitrogens with one attached hydrogen (secondary N) is 3. The first kappa shape index (κ1) is 21.8. The van der Waals surface area contributed by atoms with E-state index in [2.05, 4.69) is 31.4 Å². The summed E-state index contributed by atoms with van der Waals surface area (Å²) in [4.78, 5) is 38.7. The van der Waals surface area contributed by atoms with Crippen LogP contribution >= 0.6 is 0 Å². The third kappa shape index (κ3) is 4.98. The molecule has 0 bridgehead atoms. The SMILES string of the molecule is CC(C)(C)CCNC(=O)C1CC2CC2N1C(=O)CNc1ccccc1C(=N)C(N)=O. The number of fused-ring (bicyclic) bond motifs is 1. The molecule has 0 aromatic heterocycles. The molecule has 1 aliphatic carbocycles. The molecule has 8 nitrogen and oxygen atoms in total. The van der Waals surface area contributed by atoms with Crippen LogP contribution in [0.3, 0.4) is 0 Å². The van der Waals surface area contributed by atoms with E-state index in [4.69, 9.17) is 11.1 Å². The zero-order chi connectivity index (χ0) is 22.1. The van der Waals surface area contributed by atoms with Crippen LogP contribution in [-0.2, 0) is 14.4 Å². The number of benzene rings is 1. The second-order valence-corrected chi connectivity index (χ2v) is 9.36. The van der Waals surface area contributed by atoms with E-state index < -0.39 is 11.9 Å². The smallest absolute Gasteiger partial charge is 0.267 e. The Hall–Kier alpha value is -2.90. The molecule has 0 radical (unpaired) electrons. The molecule has 5 N–H and O–H groups in total. The van der Waals surface area contributed by atoms with Crippen molar-refractivity contribution in [3.8, 4) is 0 Å². The van der Waals surface area contributed by atoms with Gasteiger partial charge in [-0.3, -0.25) is 19.8 Å². The molecule has 2 fully saturated rings. The first-order chi connectivity index (χ1) is 14.1. The molecule has 1 saturated heterocycles. The number of hydrogen-bond acceptors (Lipinski definition) is 5. The van der Waals surface area contributed by atoms with Crippen LogP contribution < -0.4 is 16.4 Å². The van der Waals surface area contributed by atoms with Crippen molar-refractivity contribution in [1.29, 1.82) is 5.41 Å². The number of carbonyl (C=O) groups is 3. The number of likely N-dealkylation sites (tertiary alicyclic amines) is 1. The van der Waals surface area contributed by atoms with Crippen LogP contribution in [0.2, 0.25) is 0 Å². The van der Waals surface area contributed by atoms with E-state index in [-0.39, 0.29) is 35.5 Å². The molecule has 3 amide bonds. The lowest BCUT2D eigenvalue weighted by molar-refractivity contribution is -0.138. The van der Waals surface area contributed by atoms with Gasteiger partial charge in [0, 0.05) is 23.8 Å². The average Bonchev–Trinajstić information content (AvgIpc) is 3.34. The topological polar surface area (TPSA) is 128 Å². The molecule has 2 aliphatic rings. The average molecular weight is 414 g/mol. The molecular formula is C22H31N5O3. The van der Waals surface area contributed by atoms with Crippen LogP contribution in [-0.4, -0.2) is 53.5 Å². The predicted octanol–water partition coefficient (Wildman–Crippen LogP) is 1.49. The minimum atomic E-state index is -0.831. The molecule has 0 spiro atoms. The van der Waals surface area contributed by atoms with Gasteiger partial charge in [-0.05, 0) is 36.7 Å². The number of nitrogens with zero attached hydrogens (tertiary/aromatic N) is 1. The molecule has 162 valence electrons. The molecule has 3 unspecified atom stereocenters. The van der Waals surface area contributed by atoms with Gasteiger partial charge in [0.1, 0.15) is 11.8 Å². The van der Waals surface area contributed by atoms with E-state index in [1.807, 2.05) is 0 Å². The second-order valence-electron chi connectivity index (χ2n) is 9.36. The van der Waals surface area contributed by atoms with Crippen LogP contribution in [0.5, 0.6) is 0 Å². The summed E-state index contributed by atoms with van der Waals surface area (Å²) in [6, 6.07) is 6.47. The number of anilines is 1. The number of amides is 3. The van der Waals surface area contributed by atoms with Gasteiger partial charge < -0.3 is 21.3 Å². The Labute approximate surface area is 177 Å². The molecule has 1 saturated carbocycles. The molecule has 1 aliphatic heterocycles. The Morgan fingerprint density at radius 3 is 2.57 bits per heavy atom. The Bertz CT molecular complexity index is 861. The molecular weight excluding hydrogens is 382 g/mol. The summed E-state index contributed by atoms with van der Waals surface area (Å²) in [7, 11) is 0. The molecule has 8 heteroatoms. The Morgan fingerprint density at radius 1 is 1.20 bits per heavy atom. The number of para-hydroxylation sites is 1. The summed E-state index contributed by atoms with van der Waals surface area (Å²) >= 11 is 0. The summed E-state index contributed by atoms with van der Waals surface area (Å²) in [5, 5.41) is 13.9. The molecule has 1 heterocycles. The molecule has 3 atom stereocenters. The first-order valence-corrected chi connectivity index (χ1v) is 10.4. The molecule has 30 heavy (non-hydrogen) atoms. The number of carbonyl (C=O) groups excluding carboxylic acids is 3. The largest absolute Gasteiger partial charge is 0.376 e. The fourth-order valence-corrected chi connectivity index (χ4v) is 3.98. The van der Waals surface area contributed by atoms with Crippen LogP contribution in [0.1, 0.15) is 45.6 Å². The van der Waals surface area contributed by atoms with E-state index in [0.29, 0.717) is 30.1 Å². The van der Waals surface area contributed by atoms with Crippen LogP contribution in [0.25, 0.3) is 0 Å². The highest BCUT2D eigenvalue weighted by molar-refractivity contribution is 6.44. The monoisotopic (exact) mass is 413 g/mol. The van der Waals surface area contributed by atoms with Gasteiger partial charge in [0.05, 0.1) is 6.54 Å². The lowest BCUT2D eigenvalue weighted by atomic mass is 9.92. The molecule has 3 rings (SSSR count). The van der Waals surface area contributed by atoms with Crippen LogP contribution in [0.15, 0.2) is 24.3 Å². The Morgan fingerprint density at radius 2 is 1.90 bits per heavy atom. The van der Waals surface area contributed by atoms with Crippen molar-refractivity contribution in [2.75, 3.05) is 18.4 Å². The van der Waals surface area contributed by atoms with Crippen molar-refractivity contribution >= 4 is 29.1 Å². The number of primary amides is 1. The summed E-state index contributed by atoms with van der Waals surface area (Å²) in [6.07, 6.45) is 2.53. The van der Waals surface area contributed by atoms with Crippen molar-refractivity contribution in [2.24, 2.45) is 17.1 Å². The Kier molecular flexibility index (Phi) is 6.14. The van der Waals surface area contributed by atoms with Gasteiger partial charge in [0.25, 0.3) is 5.91 Å². The third-order valence-electron chi connectivity index (χ3n) is 5.74. The quantitative estimate of drug-likeness (QED) is 0.481. The lowest BCUT2D eigenvalue weighted by Gasteiger charge is -2.28. The van der Waals surface area contributed by atoms with Crippen molar-refractivity contribution < 1.29 is 14.4 Å². The van der Waals surface area contributed by atoms with Gasteiger partial charge in [0.15, 0.2) is 0 Å². The molecule has 1 aromatic rings. The fraction of sp³-hybridized carbons (Fsp3) is 0.545. The van der Waals surface area contributed by atoms with E-state index >= 15 is 0 Å². The van der Waals surface area contributed by atoms with Gasteiger partial charge in [-0.2, -0.15) is 0 Å². The number of piperidine rings is 1. The highest BCUT2D eigenvalue weighted by Gasteiger charge is 2.55. The van der Waals surface area contributed by atoms with E-state index in [0.717, 1.165) is 12.8 Å². The fourth-order valence-electron chi connectivity index (χ4n) is 3.98. The second kappa shape index (κ2) is 8.45. The summed E-state index contributed by atoms with van der Waals surface area (Å²) in [6.45, 7) is 6.96. The number of hydrogen-bond donors (Lipinski definition) is 4. The Balaban J connectivity index is 1.61. The summed E-state index contributed by atoms with van der Waals surface area (Å²) in [5.41, 5.74) is 5.88. The zero-order valence-corrected chi connectivity index (χ0v) is 17.8. The van der Waals surface area contributed by atoms with Gasteiger partial charge in [-0.1, -0.05) is 39.0 Å². The number of rotatable bonds is 8. The molecule has 1 aromatic carbocycles. The van der Waals surface area contributed by atoms with Crippen LogP contribution in [0, 0.1) is 16.7 Å². The summed E-state index contributed by atoms with van der Waals surface area (Å²) < 4.78 is 0. The van der Waals surface area contributed by atoms with Crippen molar-refractivity contribution in [3.05, 3.63) is 29.8 Å². The minimum absolute atomic E-state index is 0.0158. The van der Waals surface area contributed by atoms with Gasteiger partial charge in [-0.25, -0.2) is 0 Å². The minimum Gasteiger partial charge on any atom is -0.376 e. The lowest BCUT2D eigenvalue weighted by Crippen LogP contribution is -2.49. The highest BCUT2D eigenvalue weighted by Crippen LogP contribution is 2.47. The maximum absolute atomic E-state index is 13.0. The van der Waals surface area contributed by atoms with E-state index in [1.54, 1.807) is 29.2 Å². The van der Waals surface area contributed by atoms with Gasteiger partial charge in [-0.15, -0.1) is 0 Å². The first-order valence-electron chi connectivity index (χ1n) is 10.4. The maximum atomic E-state index is 13.0. The van der Waals surface area contributed by atoms with E-state index in [9.17, 15) is 14.4 Å². The van der Waals surface area contributed by atoms with Gasteiger partial charge >= 0.3 is 0 Å². The van der Waals surface area contributed by atoms with Crippen molar-refractivity contribution in [3.63, 3.8) is 0 Å². The van der Waals surface area contributed by atoms with Gasteiger partial charge in [0.2, 0.25) is 11.8 Å². The normalized spacial score (nSPS) is 22.2. The highest BCUT2D eigenvalue weighted by atomic mass is 16.2. The zero-order valence-electron chi connectivity index (χ0n) is 17.8. The third-order valence-corrected chi connectivity index (χ3v) is 5.74. The predicted molar refractivity (Wildman–Crippen MR) is 115 cm³/mol. The van der Waals surface area contributed by atoms with Crippen molar-refractivity contribution in [2.45, 2.75) is 52.1 Å². The van der Waals surface area contributed by atoms with Crippen LogP contribution in [0.4, 0.5) is 5.69 Å². The maximum Gasteiger partial charge on any atom is 0.267 e. The number of nitrogens with two attached hydrogens (primary N) is 1. The van der Waals surface area contributed by atoms with Crippen molar-refractivity contribution in [1.82, 2.24) is 10.2 Å². The van der Waals surface area contributed by atoms with E-state index in [1.165, 1.54) is 0 Å². The summed E-state index contributed by atoms with van der Waals surface area (Å²) in [5.74, 6) is -0.669.